The Morgan fingerprint density at radius 2 is 1.89 bits per heavy atom. The van der Waals surface area contributed by atoms with Crippen molar-refractivity contribution in [3.63, 3.8) is 0 Å². The minimum absolute atomic E-state index is 0.177. The van der Waals surface area contributed by atoms with E-state index in [-0.39, 0.29) is 5.92 Å². The highest BCUT2D eigenvalue weighted by atomic mass is 79.9. The Morgan fingerprint density at radius 1 is 1.26 bits per heavy atom. The number of carbonyl (C=O) groups is 1. The van der Waals surface area contributed by atoms with Crippen molar-refractivity contribution in [1.29, 1.82) is 0 Å². The van der Waals surface area contributed by atoms with E-state index < -0.39 is 0 Å². The summed E-state index contributed by atoms with van der Waals surface area (Å²) < 4.78 is 0. The number of carbonyl (C=O) groups excluding carboxylic acids is 1. The van der Waals surface area contributed by atoms with Gasteiger partial charge in [0.05, 0.1) is 0 Å². The number of nitrogens with zero attached hydrogens (tertiary/aromatic N) is 1. The summed E-state index contributed by atoms with van der Waals surface area (Å²) in [6.45, 7) is 4.04. The van der Waals surface area contributed by atoms with Gasteiger partial charge in [-0.15, -0.1) is 0 Å². The highest BCUT2D eigenvalue weighted by Crippen LogP contribution is 2.30. The van der Waals surface area contributed by atoms with Crippen LogP contribution in [0.15, 0.2) is 24.3 Å². The normalized spacial score (nSPS) is 27.4. The Morgan fingerprint density at radius 3 is 2.47 bits per heavy atom. The molecule has 2 aliphatic rings. The van der Waals surface area contributed by atoms with Crippen LogP contribution in [0.3, 0.4) is 0 Å². The molecule has 19 heavy (non-hydrogen) atoms. The molecule has 102 valence electrons. The van der Waals surface area contributed by atoms with Crippen molar-refractivity contribution < 1.29 is 4.79 Å². The molecule has 2 unspecified atom stereocenters. The van der Waals surface area contributed by atoms with E-state index in [4.69, 9.17) is 0 Å². The van der Waals surface area contributed by atoms with Crippen LogP contribution in [-0.4, -0.2) is 28.7 Å². The monoisotopic (exact) mass is 321 g/mol. The van der Waals surface area contributed by atoms with Crippen LogP contribution in [0.4, 0.5) is 0 Å². The molecular weight excluding hydrogens is 302 g/mol. The first-order valence-electron chi connectivity index (χ1n) is 7.15. The largest absolute Gasteiger partial charge is 0.342 e. The number of hydrogen-bond donors (Lipinski definition) is 0. The van der Waals surface area contributed by atoms with Gasteiger partial charge in [-0.3, -0.25) is 4.79 Å². The second-order valence-corrected chi connectivity index (χ2v) is 7.12. The molecule has 0 saturated carbocycles. The molecule has 1 amide bonds. The Kier molecular flexibility index (Phi) is 3.66. The van der Waals surface area contributed by atoms with Crippen molar-refractivity contribution >= 4 is 21.8 Å². The lowest BCUT2D eigenvalue weighted by atomic mass is 9.97. The van der Waals surface area contributed by atoms with Crippen LogP contribution in [-0.2, 0) is 17.6 Å². The highest BCUT2D eigenvalue weighted by molar-refractivity contribution is 9.09. The first-order valence-corrected chi connectivity index (χ1v) is 8.06. The fourth-order valence-corrected chi connectivity index (χ4v) is 3.68. The lowest BCUT2D eigenvalue weighted by molar-refractivity contribution is -0.136. The number of amides is 1. The number of hydrogen-bond acceptors (Lipinski definition) is 1. The second kappa shape index (κ2) is 5.28. The number of likely N-dealkylation sites (tertiary alicyclic amines) is 1. The van der Waals surface area contributed by atoms with E-state index in [0.29, 0.717) is 16.7 Å². The third-order valence-corrected chi connectivity index (χ3v) is 5.87. The predicted molar refractivity (Wildman–Crippen MR) is 80.4 cm³/mol. The third-order valence-electron chi connectivity index (χ3n) is 4.51. The SMILES string of the molecule is CC1CN(C(=O)C2Cc3ccccc3C2)CCC1Br. The zero-order chi connectivity index (χ0) is 13.4. The number of benzene rings is 1. The predicted octanol–water partition coefficient (Wildman–Crippen LogP) is 3.03. The van der Waals surface area contributed by atoms with E-state index >= 15 is 0 Å². The molecule has 1 fully saturated rings. The molecule has 1 aromatic rings. The first-order chi connectivity index (χ1) is 9.15. The summed E-state index contributed by atoms with van der Waals surface area (Å²) in [4.78, 5) is 15.3. The fourth-order valence-electron chi connectivity index (χ4n) is 3.31. The van der Waals surface area contributed by atoms with Crippen LogP contribution < -0.4 is 0 Å². The van der Waals surface area contributed by atoms with Crippen molar-refractivity contribution in [3.05, 3.63) is 35.4 Å². The van der Waals surface area contributed by atoms with Gasteiger partial charge in [-0.25, -0.2) is 0 Å². The summed E-state index contributed by atoms with van der Waals surface area (Å²) in [5.41, 5.74) is 2.73. The maximum atomic E-state index is 12.6. The van der Waals surface area contributed by atoms with E-state index in [1.807, 2.05) is 0 Å². The van der Waals surface area contributed by atoms with Gasteiger partial charge in [0.2, 0.25) is 5.91 Å². The van der Waals surface area contributed by atoms with Gasteiger partial charge in [0.25, 0.3) is 0 Å². The molecule has 2 nitrogen and oxygen atoms in total. The number of halogens is 1. The van der Waals surface area contributed by atoms with Crippen molar-refractivity contribution in [1.82, 2.24) is 4.90 Å². The van der Waals surface area contributed by atoms with Crippen LogP contribution in [0.2, 0.25) is 0 Å². The van der Waals surface area contributed by atoms with E-state index in [0.717, 1.165) is 32.4 Å². The van der Waals surface area contributed by atoms with Gasteiger partial charge < -0.3 is 4.90 Å². The zero-order valence-corrected chi connectivity index (χ0v) is 12.9. The molecule has 2 atom stereocenters. The van der Waals surface area contributed by atoms with Crippen molar-refractivity contribution in [2.75, 3.05) is 13.1 Å². The average Bonchev–Trinajstić information content (AvgIpc) is 2.85. The van der Waals surface area contributed by atoms with Gasteiger partial charge in [-0.1, -0.05) is 47.1 Å². The standard InChI is InChI=1S/C16H20BrNO/c1-11-10-18(7-6-15(11)17)16(19)14-8-12-4-2-3-5-13(12)9-14/h2-5,11,14-15H,6-10H2,1H3. The van der Waals surface area contributed by atoms with Gasteiger partial charge in [0, 0.05) is 23.8 Å². The summed E-state index contributed by atoms with van der Waals surface area (Å²) in [5.74, 6) is 1.10. The average molecular weight is 322 g/mol. The highest BCUT2D eigenvalue weighted by Gasteiger charge is 2.33. The van der Waals surface area contributed by atoms with Gasteiger partial charge >= 0.3 is 0 Å². The molecule has 1 saturated heterocycles. The summed E-state index contributed by atoms with van der Waals surface area (Å²) in [7, 11) is 0. The summed E-state index contributed by atoms with van der Waals surface area (Å²) in [5, 5.41) is 0. The minimum atomic E-state index is 0.177. The summed E-state index contributed by atoms with van der Waals surface area (Å²) >= 11 is 3.70. The molecule has 0 aromatic heterocycles. The topological polar surface area (TPSA) is 20.3 Å². The van der Waals surface area contributed by atoms with Crippen LogP contribution in [0.25, 0.3) is 0 Å². The van der Waals surface area contributed by atoms with E-state index in [1.165, 1.54) is 11.1 Å². The Labute approximate surface area is 123 Å². The van der Waals surface area contributed by atoms with Crippen LogP contribution in [0.5, 0.6) is 0 Å². The van der Waals surface area contributed by atoms with E-state index in [1.54, 1.807) is 0 Å². The Balaban J connectivity index is 1.67. The van der Waals surface area contributed by atoms with Crippen molar-refractivity contribution in [3.8, 4) is 0 Å². The molecule has 1 aliphatic carbocycles. The Bertz CT molecular complexity index is 462. The fraction of sp³-hybridized carbons (Fsp3) is 0.562. The van der Waals surface area contributed by atoms with Crippen molar-refractivity contribution in [2.45, 2.75) is 31.0 Å². The molecule has 0 bridgehead atoms. The molecule has 0 N–H and O–H groups in total. The maximum absolute atomic E-state index is 12.6. The molecule has 3 rings (SSSR count). The second-order valence-electron chi connectivity index (χ2n) is 5.94. The quantitative estimate of drug-likeness (QED) is 0.728. The maximum Gasteiger partial charge on any atom is 0.226 e. The van der Waals surface area contributed by atoms with Crippen LogP contribution in [0, 0.1) is 11.8 Å². The van der Waals surface area contributed by atoms with E-state index in [9.17, 15) is 4.79 Å². The number of fused-ring (bicyclic) bond motifs is 1. The van der Waals surface area contributed by atoms with Gasteiger partial charge in [-0.2, -0.15) is 0 Å². The molecule has 1 aliphatic heterocycles. The molecule has 0 spiro atoms. The van der Waals surface area contributed by atoms with E-state index in [2.05, 4.69) is 52.0 Å². The summed E-state index contributed by atoms with van der Waals surface area (Å²) in [6.07, 6.45) is 2.93. The summed E-state index contributed by atoms with van der Waals surface area (Å²) in [6, 6.07) is 8.47. The van der Waals surface area contributed by atoms with Gasteiger partial charge in [0.15, 0.2) is 0 Å². The van der Waals surface area contributed by atoms with Crippen molar-refractivity contribution in [2.24, 2.45) is 11.8 Å². The third kappa shape index (κ3) is 2.58. The molecular formula is C16H20BrNO. The smallest absolute Gasteiger partial charge is 0.226 e. The van der Waals surface area contributed by atoms with Crippen LogP contribution >= 0.6 is 15.9 Å². The molecule has 0 radical (unpaired) electrons. The van der Waals surface area contributed by atoms with Gasteiger partial charge in [0.1, 0.15) is 0 Å². The molecule has 3 heteroatoms. The number of piperidine rings is 1. The number of alkyl halides is 1. The van der Waals surface area contributed by atoms with Crippen LogP contribution in [0.1, 0.15) is 24.5 Å². The minimum Gasteiger partial charge on any atom is -0.342 e. The lowest BCUT2D eigenvalue weighted by Crippen LogP contribution is -2.45. The number of rotatable bonds is 1. The van der Waals surface area contributed by atoms with Gasteiger partial charge in [-0.05, 0) is 36.3 Å². The zero-order valence-electron chi connectivity index (χ0n) is 11.3. The first kappa shape index (κ1) is 13.2. The molecule has 1 aromatic carbocycles. The lowest BCUT2D eigenvalue weighted by Gasteiger charge is -2.35. The Hall–Kier alpha value is -0.830. The molecule has 1 heterocycles.